The zero-order valence-corrected chi connectivity index (χ0v) is 10.7. The third-order valence-electron chi connectivity index (χ3n) is 2.99. The van der Waals surface area contributed by atoms with E-state index in [1.54, 1.807) is 27.7 Å². The number of hydrogen-bond acceptors (Lipinski definition) is 4. The minimum atomic E-state index is -0.675. The highest BCUT2D eigenvalue weighted by Crippen LogP contribution is 2.38. The number of aliphatic hydroxyl groups is 4. The minimum absolute atomic E-state index is 0.375. The zero-order chi connectivity index (χ0) is 12.9. The average Bonchev–Trinajstić information content (AvgIpc) is 1.98. The first-order valence-corrected chi connectivity index (χ1v) is 5.92. The molecule has 0 aromatic heterocycles. The second-order valence-corrected chi connectivity index (χ2v) is 5.20. The van der Waals surface area contributed by atoms with Crippen molar-refractivity contribution in [2.45, 2.75) is 71.4 Å². The Bertz CT molecular complexity index is 161. The van der Waals surface area contributed by atoms with Crippen LogP contribution in [0.15, 0.2) is 0 Å². The average molecular weight is 234 g/mol. The second-order valence-electron chi connectivity index (χ2n) is 5.20. The summed E-state index contributed by atoms with van der Waals surface area (Å²) in [5, 5.41) is 38.3. The van der Waals surface area contributed by atoms with Gasteiger partial charge in [0.15, 0.2) is 0 Å². The fraction of sp³-hybridized carbons (Fsp3) is 1.00. The van der Waals surface area contributed by atoms with Crippen molar-refractivity contribution in [3.8, 4) is 0 Å². The minimum Gasteiger partial charge on any atom is -0.393 e. The molecule has 4 unspecified atom stereocenters. The lowest BCUT2D eigenvalue weighted by atomic mass is 9.70. The summed E-state index contributed by atoms with van der Waals surface area (Å²) in [7, 11) is 0. The van der Waals surface area contributed by atoms with Gasteiger partial charge in [0.1, 0.15) is 0 Å². The predicted octanol–water partition coefficient (Wildman–Crippen LogP) is 0.666. The van der Waals surface area contributed by atoms with Crippen molar-refractivity contribution in [3.63, 3.8) is 0 Å². The van der Waals surface area contributed by atoms with Gasteiger partial charge in [-0.3, -0.25) is 0 Å². The van der Waals surface area contributed by atoms with Crippen LogP contribution in [-0.2, 0) is 0 Å². The summed E-state index contributed by atoms with van der Waals surface area (Å²) >= 11 is 0. The molecule has 0 aliphatic heterocycles. The maximum atomic E-state index is 9.88. The van der Waals surface area contributed by atoms with Crippen LogP contribution in [0.4, 0.5) is 0 Å². The van der Waals surface area contributed by atoms with E-state index in [-0.39, 0.29) is 0 Å². The van der Waals surface area contributed by atoms with E-state index in [1.807, 2.05) is 0 Å². The topological polar surface area (TPSA) is 80.9 Å². The van der Waals surface area contributed by atoms with E-state index >= 15 is 0 Å². The van der Waals surface area contributed by atoms with Crippen molar-refractivity contribution < 1.29 is 20.4 Å². The number of hydrogen-bond donors (Lipinski definition) is 4. The van der Waals surface area contributed by atoms with E-state index in [0.29, 0.717) is 19.3 Å². The van der Waals surface area contributed by atoms with Gasteiger partial charge in [0.2, 0.25) is 0 Å². The molecule has 0 aromatic rings. The van der Waals surface area contributed by atoms with Gasteiger partial charge in [0, 0.05) is 5.41 Å². The molecule has 4 heteroatoms. The monoisotopic (exact) mass is 234 g/mol. The first-order valence-electron chi connectivity index (χ1n) is 5.92. The highest BCUT2D eigenvalue weighted by atomic mass is 16.3. The van der Waals surface area contributed by atoms with Crippen LogP contribution in [0.25, 0.3) is 0 Å². The van der Waals surface area contributed by atoms with Crippen molar-refractivity contribution in [3.05, 3.63) is 0 Å². The van der Waals surface area contributed by atoms with Gasteiger partial charge >= 0.3 is 0 Å². The third kappa shape index (κ3) is 5.25. The van der Waals surface area contributed by atoms with Gasteiger partial charge < -0.3 is 20.4 Å². The molecular weight excluding hydrogens is 208 g/mol. The lowest BCUT2D eigenvalue weighted by Crippen LogP contribution is -2.41. The molecule has 0 rings (SSSR count). The lowest BCUT2D eigenvalue weighted by Gasteiger charge is -2.39. The summed E-state index contributed by atoms with van der Waals surface area (Å²) in [4.78, 5) is 0. The fourth-order valence-electron chi connectivity index (χ4n) is 2.53. The van der Waals surface area contributed by atoms with Crippen LogP contribution in [0.3, 0.4) is 0 Å². The highest BCUT2D eigenvalue weighted by molar-refractivity contribution is 4.88. The standard InChI is InChI=1S/C12H26O4/c1-8(13)5-12(11(4)16,6-9(2)14)7-10(3)15/h8-11,13-16H,5-7H2,1-4H3. The van der Waals surface area contributed by atoms with Gasteiger partial charge in [0.05, 0.1) is 24.4 Å². The Balaban J connectivity index is 4.88. The molecule has 0 saturated carbocycles. The number of aliphatic hydroxyl groups excluding tert-OH is 4. The fourth-order valence-corrected chi connectivity index (χ4v) is 2.53. The van der Waals surface area contributed by atoms with Crippen molar-refractivity contribution in [1.29, 1.82) is 0 Å². The van der Waals surface area contributed by atoms with Crippen molar-refractivity contribution in [2.24, 2.45) is 5.41 Å². The lowest BCUT2D eigenvalue weighted by molar-refractivity contribution is -0.0556. The van der Waals surface area contributed by atoms with Crippen LogP contribution in [0.2, 0.25) is 0 Å². The van der Waals surface area contributed by atoms with Gasteiger partial charge in [-0.05, 0) is 47.0 Å². The first kappa shape index (κ1) is 15.8. The molecule has 0 bridgehead atoms. The Morgan fingerprint density at radius 2 is 0.938 bits per heavy atom. The molecule has 0 aliphatic carbocycles. The predicted molar refractivity (Wildman–Crippen MR) is 63.0 cm³/mol. The van der Waals surface area contributed by atoms with E-state index in [1.165, 1.54) is 0 Å². The highest BCUT2D eigenvalue weighted by Gasteiger charge is 2.38. The molecular formula is C12H26O4. The van der Waals surface area contributed by atoms with Crippen molar-refractivity contribution in [1.82, 2.24) is 0 Å². The molecule has 4 atom stereocenters. The van der Waals surface area contributed by atoms with Gasteiger partial charge in [-0.25, -0.2) is 0 Å². The van der Waals surface area contributed by atoms with Crippen LogP contribution >= 0.6 is 0 Å². The van der Waals surface area contributed by atoms with E-state index in [2.05, 4.69) is 0 Å². The summed E-state index contributed by atoms with van der Waals surface area (Å²) < 4.78 is 0. The van der Waals surface area contributed by atoms with Gasteiger partial charge in [0.25, 0.3) is 0 Å². The van der Waals surface area contributed by atoms with Crippen molar-refractivity contribution in [2.75, 3.05) is 0 Å². The summed E-state index contributed by atoms with van der Waals surface area (Å²) in [5.41, 5.74) is -0.628. The molecule has 0 aliphatic rings. The van der Waals surface area contributed by atoms with Crippen LogP contribution in [0.5, 0.6) is 0 Å². The Hall–Kier alpha value is -0.160. The molecule has 4 nitrogen and oxygen atoms in total. The Labute approximate surface area is 97.9 Å². The Kier molecular flexibility index (Phi) is 6.48. The van der Waals surface area contributed by atoms with Crippen molar-refractivity contribution >= 4 is 0 Å². The quantitative estimate of drug-likeness (QED) is 0.522. The maximum Gasteiger partial charge on any atom is 0.0571 e. The summed E-state index contributed by atoms with van der Waals surface area (Å²) in [6.45, 7) is 6.61. The molecule has 16 heavy (non-hydrogen) atoms. The molecule has 0 saturated heterocycles. The van der Waals surface area contributed by atoms with Gasteiger partial charge in [-0.15, -0.1) is 0 Å². The van der Waals surface area contributed by atoms with E-state index in [9.17, 15) is 20.4 Å². The Morgan fingerprint density at radius 1 is 0.688 bits per heavy atom. The molecule has 0 spiro atoms. The molecule has 4 N–H and O–H groups in total. The normalized spacial score (nSPS) is 23.2. The van der Waals surface area contributed by atoms with Gasteiger partial charge in [-0.1, -0.05) is 0 Å². The maximum absolute atomic E-state index is 9.88. The molecule has 0 radical (unpaired) electrons. The largest absolute Gasteiger partial charge is 0.393 e. The zero-order valence-electron chi connectivity index (χ0n) is 10.7. The third-order valence-corrected chi connectivity index (χ3v) is 2.99. The molecule has 0 heterocycles. The first-order chi connectivity index (χ1) is 7.19. The van der Waals surface area contributed by atoms with Crippen LogP contribution in [0.1, 0.15) is 47.0 Å². The van der Waals surface area contributed by atoms with Crippen LogP contribution in [0, 0.1) is 5.41 Å². The van der Waals surface area contributed by atoms with Crippen LogP contribution in [-0.4, -0.2) is 44.8 Å². The second kappa shape index (κ2) is 6.55. The molecule has 0 fully saturated rings. The van der Waals surface area contributed by atoms with E-state index < -0.39 is 29.8 Å². The molecule has 0 amide bonds. The van der Waals surface area contributed by atoms with E-state index in [0.717, 1.165) is 0 Å². The molecule has 0 aromatic carbocycles. The summed E-state index contributed by atoms with van der Waals surface area (Å²) in [5.74, 6) is 0. The SMILES string of the molecule is CC(O)CC(CC(C)O)(CC(C)O)C(C)O. The number of rotatable bonds is 7. The van der Waals surface area contributed by atoms with E-state index in [4.69, 9.17) is 0 Å². The summed E-state index contributed by atoms with van der Waals surface area (Å²) in [6, 6.07) is 0. The van der Waals surface area contributed by atoms with Gasteiger partial charge in [-0.2, -0.15) is 0 Å². The summed E-state index contributed by atoms with van der Waals surface area (Å²) in [6.07, 6.45) is -1.24. The Morgan fingerprint density at radius 3 is 1.06 bits per heavy atom. The van der Waals surface area contributed by atoms with Crippen LogP contribution < -0.4 is 0 Å². The smallest absolute Gasteiger partial charge is 0.0571 e. The molecule has 98 valence electrons.